The molecule has 0 amide bonds. The van der Waals surface area contributed by atoms with Crippen molar-refractivity contribution in [3.05, 3.63) is 18.1 Å². The number of aromatic nitrogens is 2. The molecule has 7 nitrogen and oxygen atoms in total. The van der Waals surface area contributed by atoms with Crippen LogP contribution in [0.25, 0.3) is 0 Å². The first-order valence-electron chi connectivity index (χ1n) is 8.00. The molecule has 2 heterocycles. The van der Waals surface area contributed by atoms with Gasteiger partial charge in [-0.1, -0.05) is 0 Å². The van der Waals surface area contributed by atoms with Crippen molar-refractivity contribution in [2.45, 2.75) is 25.8 Å². The molecule has 0 radical (unpaired) electrons. The average molecular weight is 339 g/mol. The fraction of sp³-hybridized carbons (Fsp3) is 0.733. The van der Waals surface area contributed by atoms with E-state index in [1.807, 2.05) is 14.0 Å². The Hall–Kier alpha value is -1.25. The molecule has 2 fully saturated rings. The van der Waals surface area contributed by atoms with Crippen molar-refractivity contribution in [1.82, 2.24) is 18.6 Å². The van der Waals surface area contributed by atoms with Gasteiger partial charge in [0.1, 0.15) is 5.82 Å². The van der Waals surface area contributed by atoms with Crippen LogP contribution in [0.4, 0.5) is 5.82 Å². The van der Waals surface area contributed by atoms with Crippen molar-refractivity contribution in [2.75, 3.05) is 39.1 Å². The Bertz CT molecular complexity index is 661. The maximum absolute atomic E-state index is 12.4. The molecule has 0 bridgehead atoms. The van der Waals surface area contributed by atoms with Crippen molar-refractivity contribution in [1.29, 1.82) is 0 Å². The van der Waals surface area contributed by atoms with Crippen molar-refractivity contribution < 1.29 is 8.42 Å². The monoisotopic (exact) mass is 339 g/mol. The molecular weight excluding hydrogens is 314 g/mol. The average Bonchev–Trinajstić information content (AvgIpc) is 3.07. The molecule has 3 rings (SSSR count). The summed E-state index contributed by atoms with van der Waals surface area (Å²) in [6.45, 7) is 3.15. The third-order valence-electron chi connectivity index (χ3n) is 5.20. The first-order valence-corrected chi connectivity index (χ1v) is 9.39. The first kappa shape index (κ1) is 16.6. The molecule has 1 aliphatic heterocycles. The van der Waals surface area contributed by atoms with E-state index in [4.69, 9.17) is 0 Å². The molecule has 0 spiro atoms. The van der Waals surface area contributed by atoms with Gasteiger partial charge in [-0.05, 0) is 31.6 Å². The Morgan fingerprint density at radius 3 is 2.48 bits per heavy atom. The minimum atomic E-state index is -3.32. The van der Waals surface area contributed by atoms with Gasteiger partial charge < -0.3 is 4.90 Å². The number of hydrogen-bond acceptors (Lipinski definition) is 5. The minimum Gasteiger partial charge on any atom is -0.355 e. The lowest BCUT2D eigenvalue weighted by Crippen LogP contribution is -2.42. The van der Waals surface area contributed by atoms with E-state index in [2.05, 4.69) is 14.9 Å². The molecular formula is C15H25N5O2S. The summed E-state index contributed by atoms with van der Waals surface area (Å²) in [4.78, 5) is 10.9. The van der Waals surface area contributed by atoms with Gasteiger partial charge in [-0.2, -0.15) is 17.0 Å². The molecule has 0 unspecified atom stereocenters. The standard InChI is InChI=1S/C15H25N5O2S/c1-11-7-17-15(8-16-11)19(4)14-6-5-12-9-20(10-13(12)14)23(21,22)18(2)3/h7-8,12-14H,5-6,9-10H2,1-4H3/t12-,13+,14-/m1/s1. The van der Waals surface area contributed by atoms with E-state index in [0.29, 0.717) is 31.0 Å². The summed E-state index contributed by atoms with van der Waals surface area (Å²) < 4.78 is 27.7. The summed E-state index contributed by atoms with van der Waals surface area (Å²) in [6.07, 6.45) is 5.72. The SMILES string of the molecule is Cc1cnc(N(C)[C@@H]2CC[C@@H]3CN(S(=O)(=O)N(C)C)C[C@@H]32)cn1. The highest BCUT2D eigenvalue weighted by molar-refractivity contribution is 7.86. The number of anilines is 1. The molecule has 1 aromatic heterocycles. The molecule has 0 aromatic carbocycles. The van der Waals surface area contributed by atoms with Crippen LogP contribution in [0.1, 0.15) is 18.5 Å². The van der Waals surface area contributed by atoms with Crippen molar-refractivity contribution >= 4 is 16.0 Å². The molecule has 1 aromatic rings. The maximum atomic E-state index is 12.4. The Labute approximate surface area is 138 Å². The molecule has 1 saturated heterocycles. The molecule has 23 heavy (non-hydrogen) atoms. The fourth-order valence-corrected chi connectivity index (χ4v) is 5.04. The number of hydrogen-bond donors (Lipinski definition) is 0. The zero-order valence-corrected chi connectivity index (χ0v) is 15.0. The minimum absolute atomic E-state index is 0.319. The normalized spacial score (nSPS) is 28.3. The molecule has 3 atom stereocenters. The highest BCUT2D eigenvalue weighted by Gasteiger charge is 2.47. The van der Waals surface area contributed by atoms with Crippen molar-refractivity contribution in [3.8, 4) is 0 Å². The third-order valence-corrected chi connectivity index (χ3v) is 7.07. The predicted octanol–water partition coefficient (Wildman–Crippen LogP) is 0.738. The zero-order valence-electron chi connectivity index (χ0n) is 14.2. The molecule has 1 saturated carbocycles. The Morgan fingerprint density at radius 2 is 1.87 bits per heavy atom. The summed E-state index contributed by atoms with van der Waals surface area (Å²) >= 11 is 0. The number of rotatable bonds is 4. The predicted molar refractivity (Wildman–Crippen MR) is 89.4 cm³/mol. The Kier molecular flexibility index (Phi) is 4.33. The maximum Gasteiger partial charge on any atom is 0.281 e. The van der Waals surface area contributed by atoms with E-state index >= 15 is 0 Å². The van der Waals surface area contributed by atoms with E-state index in [0.717, 1.165) is 24.4 Å². The second-order valence-electron chi connectivity index (χ2n) is 6.80. The molecule has 1 aliphatic carbocycles. The number of aryl methyl sites for hydroxylation is 1. The lowest BCUT2D eigenvalue weighted by Gasteiger charge is -2.30. The van der Waals surface area contributed by atoms with Crippen molar-refractivity contribution in [2.24, 2.45) is 11.8 Å². The van der Waals surface area contributed by atoms with Gasteiger partial charge >= 0.3 is 0 Å². The summed E-state index contributed by atoms with van der Waals surface area (Å²) in [6, 6.07) is 0.319. The lowest BCUT2D eigenvalue weighted by atomic mass is 9.97. The summed E-state index contributed by atoms with van der Waals surface area (Å²) in [5.41, 5.74) is 0.899. The Balaban J connectivity index is 1.76. The van der Waals surface area contributed by atoms with Crippen LogP contribution in [0.5, 0.6) is 0 Å². The Morgan fingerprint density at radius 1 is 1.13 bits per heavy atom. The second-order valence-corrected chi connectivity index (χ2v) is 8.95. The van der Waals surface area contributed by atoms with Gasteiger partial charge in [0.2, 0.25) is 0 Å². The fourth-order valence-electron chi connectivity index (χ4n) is 3.83. The molecule has 0 N–H and O–H groups in total. The van der Waals surface area contributed by atoms with Gasteiger partial charge in [0.05, 0.1) is 18.1 Å². The molecule has 8 heteroatoms. The van der Waals surface area contributed by atoms with Crippen LogP contribution in [-0.4, -0.2) is 67.3 Å². The van der Waals surface area contributed by atoms with Gasteiger partial charge in [0.15, 0.2) is 0 Å². The van der Waals surface area contributed by atoms with Crippen LogP contribution in [0, 0.1) is 18.8 Å². The van der Waals surface area contributed by atoms with E-state index in [1.54, 1.807) is 30.8 Å². The molecule has 2 aliphatic rings. The van der Waals surface area contributed by atoms with Crippen molar-refractivity contribution in [3.63, 3.8) is 0 Å². The number of nitrogens with zero attached hydrogens (tertiary/aromatic N) is 5. The largest absolute Gasteiger partial charge is 0.355 e. The van der Waals surface area contributed by atoms with Gasteiger partial charge in [0.25, 0.3) is 10.2 Å². The second kappa shape index (κ2) is 5.99. The highest BCUT2D eigenvalue weighted by Crippen LogP contribution is 2.42. The van der Waals surface area contributed by atoms with Gasteiger partial charge in [-0.15, -0.1) is 0 Å². The smallest absolute Gasteiger partial charge is 0.281 e. The van der Waals surface area contributed by atoms with Crippen LogP contribution in [0.2, 0.25) is 0 Å². The van der Waals surface area contributed by atoms with Gasteiger partial charge in [0, 0.05) is 40.3 Å². The van der Waals surface area contributed by atoms with Crippen LogP contribution in [-0.2, 0) is 10.2 Å². The van der Waals surface area contributed by atoms with Gasteiger partial charge in [-0.25, -0.2) is 4.98 Å². The topological polar surface area (TPSA) is 69.6 Å². The van der Waals surface area contributed by atoms with Gasteiger partial charge in [-0.3, -0.25) is 4.98 Å². The van der Waals surface area contributed by atoms with Crippen LogP contribution in [0.15, 0.2) is 12.4 Å². The van der Waals surface area contributed by atoms with Crippen LogP contribution >= 0.6 is 0 Å². The molecule has 128 valence electrons. The van der Waals surface area contributed by atoms with E-state index < -0.39 is 10.2 Å². The van der Waals surface area contributed by atoms with E-state index in [-0.39, 0.29) is 0 Å². The number of fused-ring (bicyclic) bond motifs is 1. The quantitative estimate of drug-likeness (QED) is 0.809. The summed E-state index contributed by atoms with van der Waals surface area (Å²) in [5, 5.41) is 0. The highest BCUT2D eigenvalue weighted by atomic mass is 32.2. The van der Waals surface area contributed by atoms with E-state index in [9.17, 15) is 8.42 Å². The van der Waals surface area contributed by atoms with E-state index in [1.165, 1.54) is 4.31 Å². The van der Waals surface area contributed by atoms with Crippen LogP contribution in [0.3, 0.4) is 0 Å². The first-order chi connectivity index (χ1) is 10.8. The van der Waals surface area contributed by atoms with Crippen LogP contribution < -0.4 is 4.90 Å². The zero-order chi connectivity index (χ0) is 16.8. The summed E-state index contributed by atoms with van der Waals surface area (Å²) in [5.74, 6) is 1.66. The lowest BCUT2D eigenvalue weighted by molar-refractivity contribution is 0.390. The third kappa shape index (κ3) is 2.95. The summed E-state index contributed by atoms with van der Waals surface area (Å²) in [7, 11) is 1.90.